The number of halogens is 1. The number of hydrogen-bond donors (Lipinski definition) is 1. The van der Waals surface area contributed by atoms with E-state index in [9.17, 15) is 13.2 Å². The number of carbonyl (C=O) groups excluding carboxylic acids is 1. The van der Waals surface area contributed by atoms with Crippen LogP contribution >= 0.6 is 11.6 Å². The Kier molecular flexibility index (Phi) is 5.62. The molecule has 1 N–H and O–H groups in total. The Bertz CT molecular complexity index is 892. The molecule has 1 saturated heterocycles. The monoisotopic (exact) mass is 393 g/mol. The molecule has 1 heterocycles. The number of nitrogens with one attached hydrogen (secondary N) is 1. The van der Waals surface area contributed by atoms with Gasteiger partial charge in [0.2, 0.25) is 10.0 Å². The highest BCUT2D eigenvalue weighted by molar-refractivity contribution is 7.89. The van der Waals surface area contributed by atoms with E-state index in [2.05, 4.69) is 10.2 Å². The van der Waals surface area contributed by atoms with Gasteiger partial charge in [0.1, 0.15) is 0 Å². The molecule has 138 valence electrons. The van der Waals surface area contributed by atoms with Crippen molar-refractivity contribution < 1.29 is 13.2 Å². The van der Waals surface area contributed by atoms with Crippen molar-refractivity contribution in [3.8, 4) is 0 Å². The highest BCUT2D eigenvalue weighted by Gasteiger charge is 2.27. The van der Waals surface area contributed by atoms with Gasteiger partial charge in [0.15, 0.2) is 0 Å². The Morgan fingerprint density at radius 1 is 1.00 bits per heavy atom. The molecule has 0 saturated carbocycles. The van der Waals surface area contributed by atoms with E-state index < -0.39 is 10.0 Å². The van der Waals surface area contributed by atoms with Crippen molar-refractivity contribution in [3.63, 3.8) is 0 Å². The zero-order valence-electron chi connectivity index (χ0n) is 14.4. The number of sulfonamides is 1. The van der Waals surface area contributed by atoms with E-state index in [0.29, 0.717) is 42.5 Å². The van der Waals surface area contributed by atoms with Crippen molar-refractivity contribution in [2.24, 2.45) is 0 Å². The summed E-state index contributed by atoms with van der Waals surface area (Å²) in [5.41, 5.74) is 0.871. The van der Waals surface area contributed by atoms with Crippen molar-refractivity contribution >= 4 is 33.2 Å². The lowest BCUT2D eigenvalue weighted by atomic mass is 10.2. The number of rotatable bonds is 4. The van der Waals surface area contributed by atoms with Crippen molar-refractivity contribution in [1.82, 2.24) is 9.21 Å². The maximum absolute atomic E-state index is 12.7. The maximum atomic E-state index is 12.7. The first-order valence-corrected chi connectivity index (χ1v) is 10.0. The first-order chi connectivity index (χ1) is 12.4. The molecule has 0 spiro atoms. The summed E-state index contributed by atoms with van der Waals surface area (Å²) in [6, 6.07) is 12.9. The van der Waals surface area contributed by atoms with Gasteiger partial charge in [-0.25, -0.2) is 8.42 Å². The number of nitrogens with zero attached hydrogens (tertiary/aromatic N) is 2. The van der Waals surface area contributed by atoms with Gasteiger partial charge in [-0.2, -0.15) is 4.31 Å². The maximum Gasteiger partial charge on any atom is 0.255 e. The van der Waals surface area contributed by atoms with Crippen LogP contribution in [-0.4, -0.2) is 56.8 Å². The molecule has 1 aliphatic heterocycles. The lowest BCUT2D eigenvalue weighted by molar-refractivity contribution is 0.102. The Morgan fingerprint density at radius 2 is 1.62 bits per heavy atom. The van der Waals surface area contributed by atoms with E-state index >= 15 is 0 Å². The second kappa shape index (κ2) is 7.75. The smallest absolute Gasteiger partial charge is 0.255 e. The molecule has 0 unspecified atom stereocenters. The number of piperazine rings is 1. The van der Waals surface area contributed by atoms with Crippen LogP contribution in [0.2, 0.25) is 5.02 Å². The van der Waals surface area contributed by atoms with Crippen LogP contribution in [-0.2, 0) is 10.0 Å². The number of carbonyl (C=O) groups is 1. The third-order valence-electron chi connectivity index (χ3n) is 4.34. The SMILES string of the molecule is CN1CCN(S(=O)(=O)c2ccc(C(=O)Nc3ccccc3Cl)cc2)CC1. The van der Waals surface area contributed by atoms with Crippen molar-refractivity contribution in [2.75, 3.05) is 38.5 Å². The number of likely N-dealkylation sites (N-methyl/N-ethyl adjacent to an activating group) is 1. The summed E-state index contributed by atoms with van der Waals surface area (Å²) in [5, 5.41) is 3.16. The fourth-order valence-electron chi connectivity index (χ4n) is 2.71. The Balaban J connectivity index is 1.74. The largest absolute Gasteiger partial charge is 0.321 e. The minimum Gasteiger partial charge on any atom is -0.321 e. The molecule has 2 aromatic carbocycles. The van der Waals surface area contributed by atoms with Gasteiger partial charge in [-0.15, -0.1) is 0 Å². The summed E-state index contributed by atoms with van der Waals surface area (Å²) in [6.45, 7) is 2.34. The van der Waals surface area contributed by atoms with E-state index in [-0.39, 0.29) is 10.8 Å². The zero-order valence-corrected chi connectivity index (χ0v) is 15.9. The van der Waals surface area contributed by atoms with Crippen LogP contribution in [0.15, 0.2) is 53.4 Å². The van der Waals surface area contributed by atoms with Gasteiger partial charge in [-0.1, -0.05) is 23.7 Å². The van der Waals surface area contributed by atoms with Crippen LogP contribution in [0.3, 0.4) is 0 Å². The summed E-state index contributed by atoms with van der Waals surface area (Å²) in [5.74, 6) is -0.346. The summed E-state index contributed by atoms with van der Waals surface area (Å²) >= 11 is 6.03. The van der Waals surface area contributed by atoms with Crippen molar-refractivity contribution in [3.05, 3.63) is 59.1 Å². The molecular formula is C18H20ClN3O3S. The lowest BCUT2D eigenvalue weighted by Gasteiger charge is -2.31. The van der Waals surface area contributed by atoms with Crippen LogP contribution in [0, 0.1) is 0 Å². The number of hydrogen-bond acceptors (Lipinski definition) is 4. The van der Waals surface area contributed by atoms with Crippen LogP contribution in [0.5, 0.6) is 0 Å². The van der Waals surface area contributed by atoms with Crippen LogP contribution in [0.25, 0.3) is 0 Å². The van der Waals surface area contributed by atoms with Crippen molar-refractivity contribution in [2.45, 2.75) is 4.90 Å². The normalized spacial score (nSPS) is 16.4. The van der Waals surface area contributed by atoms with Gasteiger partial charge in [-0.3, -0.25) is 4.79 Å². The van der Waals surface area contributed by atoms with Gasteiger partial charge < -0.3 is 10.2 Å². The fourth-order valence-corrected chi connectivity index (χ4v) is 4.32. The molecule has 1 amide bonds. The molecule has 8 heteroatoms. The summed E-state index contributed by atoms with van der Waals surface area (Å²) < 4.78 is 26.9. The van der Waals surface area contributed by atoms with Crippen molar-refractivity contribution in [1.29, 1.82) is 0 Å². The van der Waals surface area contributed by atoms with Crippen LogP contribution in [0.1, 0.15) is 10.4 Å². The van der Waals surface area contributed by atoms with Gasteiger partial charge in [0.05, 0.1) is 15.6 Å². The summed E-state index contributed by atoms with van der Waals surface area (Å²) in [6.07, 6.45) is 0. The first kappa shape index (κ1) is 18.8. The van der Waals surface area contributed by atoms with E-state index in [0.717, 1.165) is 0 Å². The molecule has 0 bridgehead atoms. The molecule has 0 atom stereocenters. The molecule has 1 fully saturated rings. The van der Waals surface area contributed by atoms with Gasteiger partial charge in [-0.05, 0) is 43.4 Å². The molecule has 1 aliphatic rings. The Hall–Kier alpha value is -1.93. The molecular weight excluding hydrogens is 374 g/mol. The zero-order chi connectivity index (χ0) is 18.7. The third-order valence-corrected chi connectivity index (χ3v) is 6.58. The number of benzene rings is 2. The molecule has 0 radical (unpaired) electrons. The lowest BCUT2D eigenvalue weighted by Crippen LogP contribution is -2.47. The van der Waals surface area contributed by atoms with Gasteiger partial charge >= 0.3 is 0 Å². The van der Waals surface area contributed by atoms with E-state index in [1.165, 1.54) is 28.6 Å². The molecule has 2 aromatic rings. The number of para-hydroxylation sites is 1. The highest BCUT2D eigenvalue weighted by Crippen LogP contribution is 2.22. The molecule has 26 heavy (non-hydrogen) atoms. The standard InChI is InChI=1S/C18H20ClN3O3S/c1-21-10-12-22(13-11-21)26(24,25)15-8-6-14(7-9-15)18(23)20-17-5-3-2-4-16(17)19/h2-9H,10-13H2,1H3,(H,20,23). The molecule has 0 aromatic heterocycles. The van der Waals surface area contributed by atoms with Gasteiger partial charge in [0, 0.05) is 31.7 Å². The minimum absolute atomic E-state index is 0.191. The van der Waals surface area contributed by atoms with Crippen LogP contribution in [0.4, 0.5) is 5.69 Å². The summed E-state index contributed by atoms with van der Waals surface area (Å²) in [4.78, 5) is 14.6. The minimum atomic E-state index is -3.54. The van der Waals surface area contributed by atoms with Gasteiger partial charge in [0.25, 0.3) is 5.91 Å². The van der Waals surface area contributed by atoms with E-state index in [1.54, 1.807) is 24.3 Å². The second-order valence-corrected chi connectivity index (χ2v) is 8.51. The topological polar surface area (TPSA) is 69.7 Å². The summed E-state index contributed by atoms with van der Waals surface area (Å²) in [7, 11) is -1.57. The number of amides is 1. The predicted molar refractivity (Wildman–Crippen MR) is 102 cm³/mol. The highest BCUT2D eigenvalue weighted by atomic mass is 35.5. The van der Waals surface area contributed by atoms with Crippen LogP contribution < -0.4 is 5.32 Å². The number of anilines is 1. The van der Waals surface area contributed by atoms with E-state index in [4.69, 9.17) is 11.6 Å². The third kappa shape index (κ3) is 4.07. The average molecular weight is 394 g/mol. The first-order valence-electron chi connectivity index (χ1n) is 8.22. The fraction of sp³-hybridized carbons (Fsp3) is 0.278. The molecule has 6 nitrogen and oxygen atoms in total. The Labute approximate surface area is 158 Å². The second-order valence-electron chi connectivity index (χ2n) is 6.17. The average Bonchev–Trinajstić information content (AvgIpc) is 2.64. The Morgan fingerprint density at radius 3 is 2.23 bits per heavy atom. The molecule has 0 aliphatic carbocycles. The quantitative estimate of drug-likeness (QED) is 0.866. The predicted octanol–water partition coefficient (Wildman–Crippen LogP) is 2.53. The molecule has 3 rings (SSSR count). The van der Waals surface area contributed by atoms with E-state index in [1.807, 2.05) is 7.05 Å².